The van der Waals surface area contributed by atoms with Gasteiger partial charge in [-0.1, -0.05) is 25.8 Å². The zero-order chi connectivity index (χ0) is 14.5. The van der Waals surface area contributed by atoms with Gasteiger partial charge in [-0.05, 0) is 55.9 Å². The molecule has 0 unspecified atom stereocenters. The van der Waals surface area contributed by atoms with Crippen LogP contribution in [0.2, 0.25) is 0 Å². The van der Waals surface area contributed by atoms with Gasteiger partial charge in [0, 0.05) is 24.1 Å². The number of aromatic nitrogens is 2. The summed E-state index contributed by atoms with van der Waals surface area (Å²) >= 11 is 0. The van der Waals surface area contributed by atoms with E-state index in [9.17, 15) is 0 Å². The number of nitrogens with zero attached hydrogens (tertiary/aromatic N) is 2. The van der Waals surface area contributed by atoms with Gasteiger partial charge in [0.15, 0.2) is 0 Å². The molecule has 3 rings (SSSR count). The quantitative estimate of drug-likeness (QED) is 0.866. The first-order valence-corrected chi connectivity index (χ1v) is 8.22. The second kappa shape index (κ2) is 6.79. The van der Waals surface area contributed by atoms with Crippen LogP contribution in [0, 0.1) is 5.92 Å². The Morgan fingerprint density at radius 2 is 2.05 bits per heavy atom. The minimum atomic E-state index is 0.631. The second-order valence-corrected chi connectivity index (χ2v) is 6.15. The van der Waals surface area contributed by atoms with Crippen LogP contribution in [0.4, 0.5) is 5.69 Å². The van der Waals surface area contributed by atoms with Crippen molar-refractivity contribution in [3.05, 3.63) is 42.7 Å². The van der Waals surface area contributed by atoms with Crippen LogP contribution >= 0.6 is 0 Å². The zero-order valence-electron chi connectivity index (χ0n) is 12.8. The molecule has 21 heavy (non-hydrogen) atoms. The Hall–Kier alpha value is -1.77. The molecule has 1 aromatic carbocycles. The van der Waals surface area contributed by atoms with Gasteiger partial charge < -0.3 is 5.32 Å². The van der Waals surface area contributed by atoms with Gasteiger partial charge >= 0.3 is 0 Å². The molecule has 3 heteroatoms. The molecule has 0 spiro atoms. The normalized spacial score (nSPS) is 22.1. The molecule has 3 nitrogen and oxygen atoms in total. The minimum absolute atomic E-state index is 0.631. The van der Waals surface area contributed by atoms with E-state index in [1.165, 1.54) is 44.2 Å². The second-order valence-electron chi connectivity index (χ2n) is 6.15. The first-order chi connectivity index (χ1) is 10.3. The van der Waals surface area contributed by atoms with Crippen LogP contribution in [0.25, 0.3) is 5.69 Å². The number of hydrogen-bond donors (Lipinski definition) is 1. The summed E-state index contributed by atoms with van der Waals surface area (Å²) in [7, 11) is 0. The molecule has 0 atom stereocenters. The molecule has 1 aromatic heterocycles. The number of benzene rings is 1. The van der Waals surface area contributed by atoms with Crippen molar-refractivity contribution in [2.24, 2.45) is 5.92 Å². The lowest BCUT2D eigenvalue weighted by Gasteiger charge is -2.29. The van der Waals surface area contributed by atoms with Crippen molar-refractivity contribution in [3.8, 4) is 5.69 Å². The summed E-state index contributed by atoms with van der Waals surface area (Å²) < 4.78 is 1.91. The molecule has 112 valence electrons. The fraction of sp³-hybridized carbons (Fsp3) is 0.500. The Morgan fingerprint density at radius 1 is 1.19 bits per heavy atom. The van der Waals surface area contributed by atoms with E-state index >= 15 is 0 Å². The van der Waals surface area contributed by atoms with E-state index in [0.717, 1.165) is 11.6 Å². The van der Waals surface area contributed by atoms with E-state index in [4.69, 9.17) is 0 Å². The fourth-order valence-corrected chi connectivity index (χ4v) is 3.40. The summed E-state index contributed by atoms with van der Waals surface area (Å²) in [6.45, 7) is 2.30. The number of rotatable bonds is 5. The Bertz CT molecular complexity index is 539. The van der Waals surface area contributed by atoms with Crippen LogP contribution < -0.4 is 5.32 Å². The number of nitrogens with one attached hydrogen (secondary N) is 1. The topological polar surface area (TPSA) is 29.9 Å². The molecule has 0 saturated heterocycles. The lowest BCUT2D eigenvalue weighted by atomic mass is 9.83. The highest BCUT2D eigenvalue weighted by atomic mass is 15.3. The summed E-state index contributed by atoms with van der Waals surface area (Å²) in [6.07, 6.45) is 11.9. The highest BCUT2D eigenvalue weighted by Crippen LogP contribution is 2.29. The third-order valence-electron chi connectivity index (χ3n) is 4.53. The van der Waals surface area contributed by atoms with Crippen molar-refractivity contribution in [2.75, 3.05) is 5.32 Å². The maximum absolute atomic E-state index is 4.29. The molecule has 0 amide bonds. The van der Waals surface area contributed by atoms with Crippen molar-refractivity contribution in [1.29, 1.82) is 0 Å². The molecule has 1 saturated carbocycles. The van der Waals surface area contributed by atoms with Crippen molar-refractivity contribution in [3.63, 3.8) is 0 Å². The summed E-state index contributed by atoms with van der Waals surface area (Å²) in [5, 5.41) is 8.00. The SMILES string of the molecule is CCCC1CCC(Nc2cccc(-n3cccn3)c2)CC1. The van der Waals surface area contributed by atoms with E-state index < -0.39 is 0 Å². The van der Waals surface area contributed by atoms with E-state index in [1.807, 2.05) is 23.1 Å². The van der Waals surface area contributed by atoms with E-state index in [1.54, 1.807) is 0 Å². The number of hydrogen-bond acceptors (Lipinski definition) is 2. The lowest BCUT2D eigenvalue weighted by molar-refractivity contribution is 0.319. The number of anilines is 1. The zero-order valence-corrected chi connectivity index (χ0v) is 12.8. The molecule has 1 aliphatic rings. The van der Waals surface area contributed by atoms with Gasteiger partial charge in [-0.15, -0.1) is 0 Å². The van der Waals surface area contributed by atoms with E-state index in [2.05, 4.69) is 41.6 Å². The lowest BCUT2D eigenvalue weighted by Crippen LogP contribution is -2.26. The Labute approximate surface area is 127 Å². The molecule has 1 aliphatic carbocycles. The molecule has 1 heterocycles. The monoisotopic (exact) mass is 283 g/mol. The Morgan fingerprint density at radius 3 is 2.76 bits per heavy atom. The van der Waals surface area contributed by atoms with Crippen molar-refractivity contribution < 1.29 is 0 Å². The Balaban J connectivity index is 1.60. The highest BCUT2D eigenvalue weighted by Gasteiger charge is 2.20. The van der Waals surface area contributed by atoms with Crippen LogP contribution in [0.3, 0.4) is 0 Å². The predicted molar refractivity (Wildman–Crippen MR) is 87.8 cm³/mol. The fourth-order valence-electron chi connectivity index (χ4n) is 3.40. The minimum Gasteiger partial charge on any atom is -0.382 e. The van der Waals surface area contributed by atoms with Crippen molar-refractivity contribution >= 4 is 5.69 Å². The molecule has 0 aliphatic heterocycles. The summed E-state index contributed by atoms with van der Waals surface area (Å²) in [4.78, 5) is 0. The molecular weight excluding hydrogens is 258 g/mol. The molecular formula is C18H25N3. The first kappa shape index (κ1) is 14.2. The van der Waals surface area contributed by atoms with Gasteiger partial charge in [-0.2, -0.15) is 5.10 Å². The highest BCUT2D eigenvalue weighted by molar-refractivity contribution is 5.51. The average Bonchev–Trinajstić information content (AvgIpc) is 3.04. The summed E-state index contributed by atoms with van der Waals surface area (Å²) in [5.74, 6) is 0.962. The van der Waals surface area contributed by atoms with Gasteiger partial charge in [0.1, 0.15) is 0 Å². The summed E-state index contributed by atoms with van der Waals surface area (Å²) in [6, 6.07) is 11.1. The van der Waals surface area contributed by atoms with Crippen molar-refractivity contribution in [2.45, 2.75) is 51.5 Å². The largest absolute Gasteiger partial charge is 0.382 e. The standard InChI is InChI=1S/C18H25N3/c1-2-5-15-8-10-16(11-9-15)20-17-6-3-7-18(14-17)21-13-4-12-19-21/h3-4,6-7,12-16,20H,2,5,8-11H2,1H3. The van der Waals surface area contributed by atoms with Crippen LogP contribution in [-0.4, -0.2) is 15.8 Å². The van der Waals surface area contributed by atoms with Gasteiger partial charge in [-0.3, -0.25) is 0 Å². The average molecular weight is 283 g/mol. The first-order valence-electron chi connectivity index (χ1n) is 8.22. The Kier molecular flexibility index (Phi) is 4.59. The van der Waals surface area contributed by atoms with E-state index in [-0.39, 0.29) is 0 Å². The molecule has 0 bridgehead atoms. The van der Waals surface area contributed by atoms with Crippen LogP contribution in [0.15, 0.2) is 42.7 Å². The molecule has 0 radical (unpaired) electrons. The third kappa shape index (κ3) is 3.66. The smallest absolute Gasteiger partial charge is 0.0666 e. The van der Waals surface area contributed by atoms with E-state index in [0.29, 0.717) is 6.04 Å². The van der Waals surface area contributed by atoms with Gasteiger partial charge in [0.2, 0.25) is 0 Å². The maximum atomic E-state index is 4.29. The van der Waals surface area contributed by atoms with Gasteiger partial charge in [0.25, 0.3) is 0 Å². The van der Waals surface area contributed by atoms with Crippen LogP contribution in [-0.2, 0) is 0 Å². The molecule has 1 N–H and O–H groups in total. The van der Waals surface area contributed by atoms with Gasteiger partial charge in [-0.25, -0.2) is 4.68 Å². The van der Waals surface area contributed by atoms with Crippen molar-refractivity contribution in [1.82, 2.24) is 9.78 Å². The summed E-state index contributed by atoms with van der Waals surface area (Å²) in [5.41, 5.74) is 2.33. The van der Waals surface area contributed by atoms with Crippen LogP contribution in [0.1, 0.15) is 45.4 Å². The predicted octanol–water partition coefficient (Wildman–Crippen LogP) is 4.64. The van der Waals surface area contributed by atoms with Gasteiger partial charge in [0.05, 0.1) is 5.69 Å². The third-order valence-corrected chi connectivity index (χ3v) is 4.53. The maximum Gasteiger partial charge on any atom is 0.0666 e. The molecule has 1 fully saturated rings. The molecule has 2 aromatic rings. The van der Waals surface area contributed by atoms with Crippen LogP contribution in [0.5, 0.6) is 0 Å².